The lowest BCUT2D eigenvalue weighted by molar-refractivity contribution is -0.139. The third-order valence-corrected chi connectivity index (χ3v) is 6.20. The molecule has 0 unspecified atom stereocenters. The predicted octanol–water partition coefficient (Wildman–Crippen LogP) is 4.15. The maximum absolute atomic E-state index is 13.6. The topological polar surface area (TPSA) is 125 Å². The molecule has 0 saturated heterocycles. The van der Waals surface area contributed by atoms with E-state index in [0.29, 0.717) is 23.4 Å². The molecule has 0 aliphatic rings. The number of benzene rings is 2. The Balaban J connectivity index is 1.94. The van der Waals surface area contributed by atoms with Crippen LogP contribution in [0.5, 0.6) is 0 Å². The van der Waals surface area contributed by atoms with Crippen LogP contribution in [0.25, 0.3) is 5.69 Å². The van der Waals surface area contributed by atoms with Gasteiger partial charge < -0.3 is 20.6 Å². The van der Waals surface area contributed by atoms with E-state index >= 15 is 0 Å². The van der Waals surface area contributed by atoms with Crippen molar-refractivity contribution in [2.24, 2.45) is 0 Å². The number of carbonyl (C=O) groups is 2. The van der Waals surface area contributed by atoms with Gasteiger partial charge in [0.15, 0.2) is 5.69 Å². The van der Waals surface area contributed by atoms with E-state index in [1.807, 2.05) is 51.1 Å². The summed E-state index contributed by atoms with van der Waals surface area (Å²) in [7, 11) is 0. The molecular weight excluding hydrogens is 477 g/mol. The second kappa shape index (κ2) is 12.6. The van der Waals surface area contributed by atoms with E-state index in [2.05, 4.69) is 10.4 Å². The molecule has 3 atom stereocenters. The molecule has 4 N–H and O–H groups in total. The smallest absolute Gasteiger partial charge is 0.305 e. The Labute approximate surface area is 215 Å². The van der Waals surface area contributed by atoms with E-state index in [-0.39, 0.29) is 36.4 Å². The summed E-state index contributed by atoms with van der Waals surface area (Å²) in [5, 5.41) is 36.9. The molecule has 37 heavy (non-hydrogen) atoms. The molecule has 0 aliphatic carbocycles. The van der Waals surface area contributed by atoms with Crippen LogP contribution in [0.2, 0.25) is 0 Å². The number of aliphatic hydroxyl groups is 2. The molecule has 0 radical (unpaired) electrons. The fourth-order valence-corrected chi connectivity index (χ4v) is 4.39. The Morgan fingerprint density at radius 3 is 2.24 bits per heavy atom. The highest BCUT2D eigenvalue weighted by atomic mass is 19.1. The number of aliphatic carboxylic acids is 1. The van der Waals surface area contributed by atoms with Gasteiger partial charge in [-0.15, -0.1) is 0 Å². The average Bonchev–Trinajstić information content (AvgIpc) is 3.23. The first-order valence-electron chi connectivity index (χ1n) is 12.4. The average molecular weight is 512 g/mol. The Bertz CT molecular complexity index is 1190. The van der Waals surface area contributed by atoms with Gasteiger partial charge in [0.25, 0.3) is 5.91 Å². The summed E-state index contributed by atoms with van der Waals surface area (Å²) in [5.41, 5.74) is 3.15. The summed E-state index contributed by atoms with van der Waals surface area (Å²) in [4.78, 5) is 24.2. The lowest BCUT2D eigenvalue weighted by Gasteiger charge is -2.17. The summed E-state index contributed by atoms with van der Waals surface area (Å²) in [5.74, 6) is -1.98. The fraction of sp³-hybridized carbons (Fsp3) is 0.393. The molecule has 0 fully saturated rings. The number of hydrogen-bond acceptors (Lipinski definition) is 5. The molecule has 3 rings (SSSR count). The number of amides is 1. The number of hydrogen-bond donors (Lipinski definition) is 4. The molecule has 9 heteroatoms. The standard InChI is InChI=1S/C28H34FN3O5/c1-17(2)26-24(14-13-22(33)15-23(34)16-25(35)36)32(21-11-9-20(29)10-12-21)31-27(26)28(37)30-18(3)19-7-5-4-6-8-19/h4-12,17-18,22-23,33-34H,13-16H2,1-3H3,(H,30,37)(H,35,36)/t18-,22-,23-/m1/s1. The molecule has 2 aromatic carbocycles. The first-order chi connectivity index (χ1) is 17.6. The van der Waals surface area contributed by atoms with Gasteiger partial charge in [0, 0.05) is 11.3 Å². The summed E-state index contributed by atoms with van der Waals surface area (Å²) < 4.78 is 15.2. The van der Waals surface area contributed by atoms with Crippen LogP contribution in [0.15, 0.2) is 54.6 Å². The van der Waals surface area contributed by atoms with Gasteiger partial charge in [-0.3, -0.25) is 9.59 Å². The van der Waals surface area contributed by atoms with Crippen LogP contribution in [-0.4, -0.2) is 49.2 Å². The number of halogens is 1. The Morgan fingerprint density at radius 1 is 1.00 bits per heavy atom. The van der Waals surface area contributed by atoms with E-state index in [1.54, 1.807) is 16.8 Å². The van der Waals surface area contributed by atoms with Gasteiger partial charge in [-0.25, -0.2) is 9.07 Å². The van der Waals surface area contributed by atoms with Gasteiger partial charge in [-0.05, 0) is 61.9 Å². The highest BCUT2D eigenvalue weighted by molar-refractivity contribution is 5.94. The minimum atomic E-state index is -1.17. The Kier molecular flexibility index (Phi) is 9.54. The molecule has 0 saturated carbocycles. The fourth-order valence-electron chi connectivity index (χ4n) is 4.39. The summed E-state index contributed by atoms with van der Waals surface area (Å²) in [6, 6.07) is 15.1. The van der Waals surface area contributed by atoms with Gasteiger partial charge in [-0.1, -0.05) is 44.2 Å². The number of nitrogens with zero attached hydrogens (tertiary/aromatic N) is 2. The second-order valence-corrected chi connectivity index (χ2v) is 9.54. The maximum atomic E-state index is 13.6. The van der Waals surface area contributed by atoms with Gasteiger partial charge in [0.05, 0.1) is 30.4 Å². The van der Waals surface area contributed by atoms with Crippen molar-refractivity contribution in [3.8, 4) is 5.69 Å². The molecular formula is C28H34FN3O5. The quantitative estimate of drug-likeness (QED) is 0.290. The van der Waals surface area contributed by atoms with Gasteiger partial charge in [0.2, 0.25) is 0 Å². The number of carboxylic acids is 1. The number of aliphatic hydroxyl groups excluding tert-OH is 2. The van der Waals surface area contributed by atoms with E-state index in [1.165, 1.54) is 12.1 Å². The van der Waals surface area contributed by atoms with Crippen molar-refractivity contribution in [1.29, 1.82) is 0 Å². The van der Waals surface area contributed by atoms with Crippen molar-refractivity contribution < 1.29 is 29.3 Å². The van der Waals surface area contributed by atoms with Crippen LogP contribution in [0.4, 0.5) is 4.39 Å². The molecule has 1 heterocycles. The first-order valence-corrected chi connectivity index (χ1v) is 12.4. The normalized spacial score (nSPS) is 13.8. The molecule has 3 aromatic rings. The van der Waals surface area contributed by atoms with Crippen LogP contribution in [0.1, 0.15) is 79.3 Å². The largest absolute Gasteiger partial charge is 0.481 e. The molecule has 1 amide bonds. The van der Waals surface area contributed by atoms with Crippen molar-refractivity contribution in [2.45, 2.75) is 70.6 Å². The van der Waals surface area contributed by atoms with Crippen molar-refractivity contribution in [1.82, 2.24) is 15.1 Å². The number of rotatable bonds is 12. The number of nitrogens with one attached hydrogen (secondary N) is 1. The molecule has 0 bridgehead atoms. The number of aromatic nitrogens is 2. The number of carbonyl (C=O) groups excluding carboxylic acids is 1. The number of carboxylic acid groups (broad SMARTS) is 1. The molecule has 8 nitrogen and oxygen atoms in total. The molecule has 1 aromatic heterocycles. The van der Waals surface area contributed by atoms with Crippen molar-refractivity contribution in [3.63, 3.8) is 0 Å². The minimum absolute atomic E-state index is 0.0874. The lowest BCUT2D eigenvalue weighted by Crippen LogP contribution is -2.28. The van der Waals surface area contributed by atoms with Crippen LogP contribution < -0.4 is 5.32 Å². The van der Waals surface area contributed by atoms with Crippen LogP contribution in [-0.2, 0) is 11.2 Å². The third kappa shape index (κ3) is 7.47. The van der Waals surface area contributed by atoms with Crippen LogP contribution in [0, 0.1) is 5.82 Å². The van der Waals surface area contributed by atoms with Crippen LogP contribution >= 0.6 is 0 Å². The predicted molar refractivity (Wildman–Crippen MR) is 137 cm³/mol. The molecule has 0 aliphatic heterocycles. The second-order valence-electron chi connectivity index (χ2n) is 9.54. The van der Waals surface area contributed by atoms with Gasteiger partial charge >= 0.3 is 5.97 Å². The Hall–Kier alpha value is -3.56. The molecule has 0 spiro atoms. The lowest BCUT2D eigenvalue weighted by atomic mass is 9.95. The van der Waals surface area contributed by atoms with E-state index in [9.17, 15) is 24.2 Å². The zero-order valence-corrected chi connectivity index (χ0v) is 21.3. The SMILES string of the molecule is CC(C)c1c(C(=O)N[C@H](C)c2ccccc2)nn(-c2ccc(F)cc2)c1CC[C@@H](O)C[C@@H](O)CC(=O)O. The summed E-state index contributed by atoms with van der Waals surface area (Å²) in [6.45, 7) is 5.78. The highest BCUT2D eigenvalue weighted by Gasteiger charge is 2.27. The van der Waals surface area contributed by atoms with Crippen molar-refractivity contribution in [3.05, 3.63) is 82.9 Å². The van der Waals surface area contributed by atoms with E-state index < -0.39 is 30.4 Å². The van der Waals surface area contributed by atoms with Crippen molar-refractivity contribution in [2.75, 3.05) is 0 Å². The van der Waals surface area contributed by atoms with E-state index in [4.69, 9.17) is 5.11 Å². The molecule has 198 valence electrons. The zero-order chi connectivity index (χ0) is 27.1. The Morgan fingerprint density at radius 2 is 1.65 bits per heavy atom. The first kappa shape index (κ1) is 28.0. The van der Waals surface area contributed by atoms with Crippen molar-refractivity contribution >= 4 is 11.9 Å². The zero-order valence-electron chi connectivity index (χ0n) is 21.3. The summed E-state index contributed by atoms with van der Waals surface area (Å²) >= 11 is 0. The minimum Gasteiger partial charge on any atom is -0.481 e. The summed E-state index contributed by atoms with van der Waals surface area (Å²) in [6.07, 6.45) is -2.14. The monoisotopic (exact) mass is 511 g/mol. The third-order valence-electron chi connectivity index (χ3n) is 6.20. The van der Waals surface area contributed by atoms with Crippen LogP contribution in [0.3, 0.4) is 0 Å². The maximum Gasteiger partial charge on any atom is 0.305 e. The highest BCUT2D eigenvalue weighted by Crippen LogP contribution is 2.29. The van der Waals surface area contributed by atoms with E-state index in [0.717, 1.165) is 5.56 Å². The van der Waals surface area contributed by atoms with Gasteiger partial charge in [-0.2, -0.15) is 5.10 Å². The van der Waals surface area contributed by atoms with Gasteiger partial charge in [0.1, 0.15) is 5.82 Å².